The fourth-order valence-corrected chi connectivity index (χ4v) is 1.85. The number of hydrogen-bond donors (Lipinski definition) is 1. The van der Waals surface area contributed by atoms with Crippen molar-refractivity contribution in [2.45, 2.75) is 0 Å². The third-order valence-electron chi connectivity index (χ3n) is 2.32. The smallest absolute Gasteiger partial charge is 0.204 e. The SMILES string of the molecule is Nc1c(Cl)c2ccccc2n2nnnc12. The third-order valence-corrected chi connectivity index (χ3v) is 2.72. The lowest BCUT2D eigenvalue weighted by atomic mass is 10.2. The second kappa shape index (κ2) is 2.80. The molecule has 0 saturated carbocycles. The summed E-state index contributed by atoms with van der Waals surface area (Å²) in [5.74, 6) is 0. The van der Waals surface area contributed by atoms with Gasteiger partial charge in [0.1, 0.15) is 0 Å². The number of fused-ring (bicyclic) bond motifs is 3. The minimum atomic E-state index is 0.403. The van der Waals surface area contributed by atoms with Crippen molar-refractivity contribution in [2.24, 2.45) is 0 Å². The van der Waals surface area contributed by atoms with E-state index in [0.29, 0.717) is 16.4 Å². The molecule has 74 valence electrons. The van der Waals surface area contributed by atoms with Crippen LogP contribution in [0.4, 0.5) is 5.69 Å². The Morgan fingerprint density at radius 1 is 1.27 bits per heavy atom. The van der Waals surface area contributed by atoms with Crippen LogP contribution in [0.2, 0.25) is 5.02 Å². The van der Waals surface area contributed by atoms with Crippen LogP contribution in [-0.4, -0.2) is 20.0 Å². The Bertz CT molecular complexity index is 660. The lowest BCUT2D eigenvalue weighted by molar-refractivity contribution is 0.842. The monoisotopic (exact) mass is 219 g/mol. The largest absolute Gasteiger partial charge is 0.394 e. The number of tetrazole rings is 1. The van der Waals surface area contributed by atoms with Crippen LogP contribution in [0.5, 0.6) is 0 Å². The lowest BCUT2D eigenvalue weighted by Gasteiger charge is -2.04. The van der Waals surface area contributed by atoms with Crippen LogP contribution >= 0.6 is 11.6 Å². The van der Waals surface area contributed by atoms with E-state index in [0.717, 1.165) is 10.9 Å². The van der Waals surface area contributed by atoms with Gasteiger partial charge < -0.3 is 5.73 Å². The molecule has 3 aromatic rings. The van der Waals surface area contributed by atoms with Crippen LogP contribution in [0.3, 0.4) is 0 Å². The molecule has 0 aliphatic rings. The molecule has 1 aromatic carbocycles. The zero-order valence-corrected chi connectivity index (χ0v) is 8.31. The number of para-hydroxylation sites is 1. The molecule has 15 heavy (non-hydrogen) atoms. The first-order chi connectivity index (χ1) is 7.29. The minimum Gasteiger partial charge on any atom is -0.394 e. The first-order valence-corrected chi connectivity index (χ1v) is 4.70. The van der Waals surface area contributed by atoms with Gasteiger partial charge in [-0.15, -0.1) is 5.10 Å². The number of nitrogens with two attached hydrogens (primary N) is 1. The molecule has 3 rings (SSSR count). The van der Waals surface area contributed by atoms with Crippen LogP contribution in [0, 0.1) is 0 Å². The summed E-state index contributed by atoms with van der Waals surface area (Å²) in [7, 11) is 0. The van der Waals surface area contributed by atoms with Crippen LogP contribution < -0.4 is 5.73 Å². The highest BCUT2D eigenvalue weighted by atomic mass is 35.5. The molecule has 0 radical (unpaired) electrons. The van der Waals surface area contributed by atoms with E-state index >= 15 is 0 Å². The standard InChI is InChI=1S/C9H6ClN5/c10-7-5-3-1-2-4-6(5)15-9(8(7)11)12-13-14-15/h1-4H,11H2. The van der Waals surface area contributed by atoms with Crippen molar-refractivity contribution >= 4 is 33.8 Å². The molecule has 2 N–H and O–H groups in total. The Hall–Kier alpha value is -1.88. The first kappa shape index (κ1) is 8.43. The molecular formula is C9H6ClN5. The fourth-order valence-electron chi connectivity index (χ4n) is 1.60. The minimum absolute atomic E-state index is 0.403. The number of rotatable bonds is 0. The van der Waals surface area contributed by atoms with Gasteiger partial charge in [-0.25, -0.2) is 0 Å². The molecule has 5 nitrogen and oxygen atoms in total. The van der Waals surface area contributed by atoms with Gasteiger partial charge in [-0.3, -0.25) is 0 Å². The molecule has 0 aliphatic carbocycles. The van der Waals surface area contributed by atoms with Crippen molar-refractivity contribution in [3.05, 3.63) is 29.3 Å². The van der Waals surface area contributed by atoms with E-state index < -0.39 is 0 Å². The van der Waals surface area contributed by atoms with E-state index in [1.807, 2.05) is 24.3 Å². The second-order valence-electron chi connectivity index (χ2n) is 3.16. The molecular weight excluding hydrogens is 214 g/mol. The summed E-state index contributed by atoms with van der Waals surface area (Å²) < 4.78 is 1.58. The summed E-state index contributed by atoms with van der Waals surface area (Å²) in [6.07, 6.45) is 0. The number of hydrogen-bond acceptors (Lipinski definition) is 4. The zero-order valence-electron chi connectivity index (χ0n) is 7.55. The molecule has 0 fully saturated rings. The second-order valence-corrected chi connectivity index (χ2v) is 3.54. The number of pyridine rings is 1. The summed E-state index contributed by atoms with van der Waals surface area (Å²) in [5.41, 5.74) is 7.57. The van der Waals surface area contributed by atoms with E-state index in [1.165, 1.54) is 0 Å². The lowest BCUT2D eigenvalue weighted by Crippen LogP contribution is -1.97. The van der Waals surface area contributed by atoms with Crippen molar-refractivity contribution in [3.8, 4) is 0 Å². The maximum atomic E-state index is 6.13. The Morgan fingerprint density at radius 3 is 2.93 bits per heavy atom. The van der Waals surface area contributed by atoms with E-state index in [9.17, 15) is 0 Å². The van der Waals surface area contributed by atoms with Gasteiger partial charge in [-0.2, -0.15) is 4.52 Å². The Morgan fingerprint density at radius 2 is 2.07 bits per heavy atom. The molecule has 0 bridgehead atoms. The van der Waals surface area contributed by atoms with Gasteiger partial charge in [-0.05, 0) is 16.5 Å². The van der Waals surface area contributed by atoms with E-state index in [-0.39, 0.29) is 0 Å². The quantitative estimate of drug-likeness (QED) is 0.622. The van der Waals surface area contributed by atoms with E-state index in [2.05, 4.69) is 15.5 Å². The van der Waals surface area contributed by atoms with E-state index in [1.54, 1.807) is 4.52 Å². The van der Waals surface area contributed by atoms with Crippen molar-refractivity contribution in [3.63, 3.8) is 0 Å². The summed E-state index contributed by atoms with van der Waals surface area (Å²) in [6.45, 7) is 0. The van der Waals surface area contributed by atoms with Crippen LogP contribution in [0.25, 0.3) is 16.6 Å². The van der Waals surface area contributed by atoms with Gasteiger partial charge in [0.2, 0.25) is 5.65 Å². The molecule has 0 atom stereocenters. The van der Waals surface area contributed by atoms with Gasteiger partial charge >= 0.3 is 0 Å². The molecule has 0 amide bonds. The number of nitrogens with zero attached hydrogens (tertiary/aromatic N) is 4. The Kier molecular flexibility index (Phi) is 1.58. The molecule has 2 heterocycles. The van der Waals surface area contributed by atoms with Gasteiger partial charge in [-0.1, -0.05) is 29.8 Å². The highest BCUT2D eigenvalue weighted by molar-refractivity contribution is 6.38. The average molecular weight is 220 g/mol. The van der Waals surface area contributed by atoms with Crippen LogP contribution in [0.1, 0.15) is 0 Å². The van der Waals surface area contributed by atoms with Crippen LogP contribution in [-0.2, 0) is 0 Å². The van der Waals surface area contributed by atoms with Crippen molar-refractivity contribution < 1.29 is 0 Å². The van der Waals surface area contributed by atoms with E-state index in [4.69, 9.17) is 17.3 Å². The third kappa shape index (κ3) is 1.01. The Labute approximate surface area is 89.4 Å². The Balaban J connectivity index is 2.70. The first-order valence-electron chi connectivity index (χ1n) is 4.33. The molecule has 0 unspecified atom stereocenters. The summed E-state index contributed by atoms with van der Waals surface area (Å²) >= 11 is 6.13. The average Bonchev–Trinajstić information content (AvgIpc) is 2.75. The number of benzene rings is 1. The highest BCUT2D eigenvalue weighted by Gasteiger charge is 2.12. The maximum Gasteiger partial charge on any atom is 0.204 e. The summed E-state index contributed by atoms with van der Waals surface area (Å²) in [6, 6.07) is 7.57. The molecule has 0 saturated heterocycles. The number of halogens is 1. The van der Waals surface area contributed by atoms with Crippen molar-refractivity contribution in [1.29, 1.82) is 0 Å². The predicted octanol–water partition coefficient (Wildman–Crippen LogP) is 1.51. The van der Waals surface area contributed by atoms with Gasteiger partial charge in [0.25, 0.3) is 0 Å². The molecule has 6 heteroatoms. The molecule has 0 spiro atoms. The molecule has 0 aliphatic heterocycles. The van der Waals surface area contributed by atoms with Gasteiger partial charge in [0.05, 0.1) is 16.2 Å². The molecule has 2 aromatic heterocycles. The van der Waals surface area contributed by atoms with Crippen molar-refractivity contribution in [2.75, 3.05) is 5.73 Å². The summed E-state index contributed by atoms with van der Waals surface area (Å²) in [5, 5.41) is 12.6. The number of aromatic nitrogens is 4. The van der Waals surface area contributed by atoms with Crippen molar-refractivity contribution in [1.82, 2.24) is 20.0 Å². The highest BCUT2D eigenvalue weighted by Crippen LogP contribution is 2.30. The van der Waals surface area contributed by atoms with Crippen LogP contribution in [0.15, 0.2) is 24.3 Å². The maximum absolute atomic E-state index is 6.13. The summed E-state index contributed by atoms with van der Waals surface area (Å²) in [4.78, 5) is 0. The fraction of sp³-hybridized carbons (Fsp3) is 0. The number of nitrogen functional groups attached to an aromatic ring is 1. The van der Waals surface area contributed by atoms with Gasteiger partial charge in [0.15, 0.2) is 0 Å². The topological polar surface area (TPSA) is 69.1 Å². The predicted molar refractivity (Wildman–Crippen MR) is 57.7 cm³/mol. The van der Waals surface area contributed by atoms with Gasteiger partial charge in [0, 0.05) is 5.39 Å². The zero-order chi connectivity index (χ0) is 10.4. The normalized spacial score (nSPS) is 11.3. The number of anilines is 1.